The van der Waals surface area contributed by atoms with Crippen LogP contribution >= 0.6 is 0 Å². The van der Waals surface area contributed by atoms with Gasteiger partial charge in [0.2, 0.25) is 0 Å². The summed E-state index contributed by atoms with van der Waals surface area (Å²) in [5.41, 5.74) is 1.33. The van der Waals surface area contributed by atoms with E-state index in [1.807, 2.05) is 0 Å². The molecule has 198 valence electrons. The zero-order valence-corrected chi connectivity index (χ0v) is 21.0. The molecule has 0 saturated heterocycles. The summed E-state index contributed by atoms with van der Waals surface area (Å²) in [4.78, 5) is 29.2. The average molecular weight is 539 g/mol. The first-order valence-corrected chi connectivity index (χ1v) is 13.2. The van der Waals surface area contributed by atoms with Gasteiger partial charge in [-0.25, -0.2) is 26.9 Å². The third-order valence-electron chi connectivity index (χ3n) is 5.69. The van der Waals surface area contributed by atoms with E-state index in [9.17, 15) is 27.0 Å². The summed E-state index contributed by atoms with van der Waals surface area (Å²) in [5, 5.41) is 9.60. The fourth-order valence-corrected chi connectivity index (χ4v) is 4.38. The van der Waals surface area contributed by atoms with Crippen molar-refractivity contribution in [1.82, 2.24) is 24.6 Å². The van der Waals surface area contributed by atoms with Crippen molar-refractivity contribution in [3.8, 4) is 5.75 Å². The van der Waals surface area contributed by atoms with Crippen molar-refractivity contribution in [3.05, 3.63) is 47.7 Å². The molecule has 1 aromatic carbocycles. The van der Waals surface area contributed by atoms with E-state index in [2.05, 4.69) is 31.3 Å². The van der Waals surface area contributed by atoms with Crippen molar-refractivity contribution in [2.75, 3.05) is 11.6 Å². The monoisotopic (exact) mass is 538 g/mol. The molecule has 10 nitrogen and oxygen atoms in total. The Bertz CT molecular complexity index is 1480. The van der Waals surface area contributed by atoms with Crippen molar-refractivity contribution < 1.29 is 31.7 Å². The summed E-state index contributed by atoms with van der Waals surface area (Å²) in [5.74, 6) is -1.00. The number of alkyl halides is 2. The number of carbonyl (C=O) groups excluding carboxylic acids is 2. The fraction of sp³-hybridized carbons (Fsp3) is 0.348. The summed E-state index contributed by atoms with van der Waals surface area (Å²) in [7, 11) is -2.81. The molecule has 2 amide bonds. The lowest BCUT2D eigenvalue weighted by Gasteiger charge is -2.35. The normalized spacial score (nSPS) is 17.4. The molecular weight excluding hydrogens is 513 g/mol. The molecule has 2 aromatic heterocycles. The molecule has 3 N–H and O–H groups in total. The standard InChI is InChI=1S/C23H25F3N6O4S/c1-12-16(22(34)31-37(3,4)35)10-32-19(12)20(27-11-28-32)30-17-6-5-14(24)7-18(17)36-13(2)21(33)29-15-8-23(25,26)9-15/h5-7,10-11,13,15H,3,8-9H2,1-2,4H3,(H,29,33)(H,27,28,30)(H,31,34,35). The van der Waals surface area contributed by atoms with Crippen LogP contribution in [0.3, 0.4) is 0 Å². The Hall–Kier alpha value is -3.81. The van der Waals surface area contributed by atoms with E-state index < -0.39 is 58.2 Å². The number of nitrogens with one attached hydrogen (secondary N) is 3. The Balaban J connectivity index is 1.58. The third kappa shape index (κ3) is 5.96. The summed E-state index contributed by atoms with van der Waals surface area (Å²) < 4.78 is 61.5. The molecule has 0 aliphatic heterocycles. The van der Waals surface area contributed by atoms with Gasteiger partial charge in [-0.15, -0.1) is 0 Å². The van der Waals surface area contributed by atoms with Crippen molar-refractivity contribution in [2.45, 2.75) is 44.8 Å². The number of aromatic nitrogens is 3. The number of benzene rings is 1. The number of amides is 2. The molecule has 0 spiro atoms. The van der Waals surface area contributed by atoms with Crippen LogP contribution in [0.2, 0.25) is 0 Å². The summed E-state index contributed by atoms with van der Waals surface area (Å²) in [6.45, 7) is 3.07. The first-order valence-electron chi connectivity index (χ1n) is 11.1. The molecule has 3 aromatic rings. The lowest BCUT2D eigenvalue weighted by Crippen LogP contribution is -2.53. The summed E-state index contributed by atoms with van der Waals surface area (Å²) >= 11 is 0. The van der Waals surface area contributed by atoms with Crippen molar-refractivity contribution in [1.29, 1.82) is 0 Å². The largest absolute Gasteiger partial charge is 0.479 e. The van der Waals surface area contributed by atoms with Gasteiger partial charge >= 0.3 is 0 Å². The highest BCUT2D eigenvalue weighted by molar-refractivity contribution is 7.98. The van der Waals surface area contributed by atoms with E-state index in [-0.39, 0.29) is 22.8 Å². The predicted octanol–water partition coefficient (Wildman–Crippen LogP) is 2.59. The number of ether oxygens (including phenoxy) is 1. The lowest BCUT2D eigenvalue weighted by molar-refractivity contribution is -0.134. The molecule has 1 aliphatic rings. The van der Waals surface area contributed by atoms with Gasteiger partial charge in [-0.1, -0.05) is 0 Å². The number of nitrogens with zero attached hydrogens (tertiary/aromatic N) is 3. The molecule has 2 heterocycles. The van der Waals surface area contributed by atoms with E-state index in [4.69, 9.17) is 4.74 Å². The second-order valence-corrected chi connectivity index (χ2v) is 11.2. The minimum atomic E-state index is -2.81. The minimum Gasteiger partial charge on any atom is -0.479 e. The maximum atomic E-state index is 14.0. The molecule has 1 saturated carbocycles. The Kier molecular flexibility index (Phi) is 6.79. The maximum absolute atomic E-state index is 14.0. The van der Waals surface area contributed by atoms with Gasteiger partial charge in [0.1, 0.15) is 23.4 Å². The van der Waals surface area contributed by atoms with Gasteiger partial charge in [0.25, 0.3) is 17.7 Å². The number of rotatable bonds is 8. The molecule has 2 atom stereocenters. The van der Waals surface area contributed by atoms with Gasteiger partial charge in [0.05, 0.1) is 11.3 Å². The summed E-state index contributed by atoms with van der Waals surface area (Å²) in [6, 6.07) is 2.96. The van der Waals surface area contributed by atoms with Crippen LogP contribution in [0.4, 0.5) is 24.7 Å². The first kappa shape index (κ1) is 26.3. The van der Waals surface area contributed by atoms with Crippen LogP contribution in [0.25, 0.3) is 5.52 Å². The van der Waals surface area contributed by atoms with E-state index in [1.54, 1.807) is 6.92 Å². The number of carbonyl (C=O) groups is 2. The SMILES string of the molecule is C=S(C)(=O)NC(=O)c1cn2ncnc(Nc3ccc(F)cc3OC(C)C(=O)NC3CC(F)(F)C3)c2c1C. The molecule has 2 unspecified atom stereocenters. The van der Waals surface area contributed by atoms with Gasteiger partial charge in [-0.05, 0) is 37.4 Å². The van der Waals surface area contributed by atoms with Gasteiger partial charge in [-0.3, -0.25) is 14.3 Å². The number of aryl methyl sites for hydroxylation is 1. The van der Waals surface area contributed by atoms with Crippen molar-refractivity contribution in [3.63, 3.8) is 0 Å². The topological polar surface area (TPSA) is 127 Å². The van der Waals surface area contributed by atoms with Crippen LogP contribution in [-0.4, -0.2) is 60.8 Å². The van der Waals surface area contributed by atoms with Crippen LogP contribution in [0, 0.1) is 12.7 Å². The Labute approximate surface area is 210 Å². The third-order valence-corrected chi connectivity index (χ3v) is 6.30. The van der Waals surface area contributed by atoms with E-state index in [0.29, 0.717) is 11.1 Å². The Morgan fingerprint density at radius 3 is 2.68 bits per heavy atom. The zero-order chi connectivity index (χ0) is 27.1. The number of anilines is 2. The van der Waals surface area contributed by atoms with Crippen LogP contribution in [-0.2, 0) is 14.5 Å². The molecule has 37 heavy (non-hydrogen) atoms. The maximum Gasteiger partial charge on any atom is 0.264 e. The van der Waals surface area contributed by atoms with Crippen LogP contribution < -0.4 is 20.1 Å². The fourth-order valence-electron chi connectivity index (χ4n) is 3.88. The van der Waals surface area contributed by atoms with E-state index in [1.165, 1.54) is 42.4 Å². The number of hydrogen-bond acceptors (Lipinski definition) is 7. The van der Waals surface area contributed by atoms with Crippen molar-refractivity contribution >= 4 is 44.4 Å². The molecule has 0 radical (unpaired) electrons. The minimum absolute atomic E-state index is 0.0247. The van der Waals surface area contributed by atoms with E-state index >= 15 is 0 Å². The molecule has 1 aliphatic carbocycles. The quantitative estimate of drug-likeness (QED) is 0.377. The summed E-state index contributed by atoms with van der Waals surface area (Å²) in [6.07, 6.45) is 1.97. The highest BCUT2D eigenvalue weighted by Crippen LogP contribution is 2.37. The second kappa shape index (κ2) is 9.57. The second-order valence-electron chi connectivity index (χ2n) is 9.00. The molecule has 4 rings (SSSR count). The Morgan fingerprint density at radius 2 is 2.03 bits per heavy atom. The smallest absolute Gasteiger partial charge is 0.264 e. The van der Waals surface area contributed by atoms with Crippen LogP contribution in [0.5, 0.6) is 5.75 Å². The van der Waals surface area contributed by atoms with Crippen LogP contribution in [0.15, 0.2) is 30.7 Å². The number of halogens is 3. The number of fused-ring (bicyclic) bond motifs is 1. The molecule has 1 fully saturated rings. The molecule has 14 heteroatoms. The lowest BCUT2D eigenvalue weighted by atomic mass is 9.88. The molecular formula is C23H25F3N6O4S. The predicted molar refractivity (Wildman–Crippen MR) is 132 cm³/mol. The first-order chi connectivity index (χ1) is 17.2. The average Bonchev–Trinajstić information content (AvgIpc) is 3.10. The molecule has 0 bridgehead atoms. The Morgan fingerprint density at radius 1 is 1.32 bits per heavy atom. The van der Waals surface area contributed by atoms with E-state index in [0.717, 1.165) is 6.07 Å². The van der Waals surface area contributed by atoms with Crippen molar-refractivity contribution in [2.24, 2.45) is 0 Å². The van der Waals surface area contributed by atoms with Crippen LogP contribution in [0.1, 0.15) is 35.7 Å². The van der Waals surface area contributed by atoms with Gasteiger partial charge in [0, 0.05) is 47.1 Å². The highest BCUT2D eigenvalue weighted by Gasteiger charge is 2.46. The highest BCUT2D eigenvalue weighted by atomic mass is 32.2. The zero-order valence-electron chi connectivity index (χ0n) is 20.2. The van der Waals surface area contributed by atoms with Gasteiger partial charge in [-0.2, -0.15) is 5.10 Å². The van der Waals surface area contributed by atoms with Gasteiger partial charge < -0.3 is 15.4 Å². The van der Waals surface area contributed by atoms with Gasteiger partial charge in [0.15, 0.2) is 11.9 Å². The number of hydrogen-bond donors (Lipinski definition) is 3.